The van der Waals surface area contributed by atoms with Crippen molar-refractivity contribution < 1.29 is 4.79 Å². The van der Waals surface area contributed by atoms with E-state index in [2.05, 4.69) is 22.7 Å². The van der Waals surface area contributed by atoms with Gasteiger partial charge in [0.2, 0.25) is 0 Å². The predicted octanol–water partition coefficient (Wildman–Crippen LogP) is 1.94. The lowest BCUT2D eigenvalue weighted by atomic mass is 10.2. The van der Waals surface area contributed by atoms with Crippen LogP contribution in [0.2, 0.25) is 5.02 Å². The molecule has 6 heteroatoms. The van der Waals surface area contributed by atoms with Crippen molar-refractivity contribution in [2.75, 3.05) is 5.43 Å². The molecule has 0 bridgehead atoms. The molecule has 5 nitrogen and oxygen atoms in total. The molecule has 1 aliphatic carbocycles. The van der Waals surface area contributed by atoms with Crippen LogP contribution in [0.4, 0.5) is 5.82 Å². The maximum atomic E-state index is 12.0. The fourth-order valence-electron chi connectivity index (χ4n) is 2.03. The molecule has 1 aromatic rings. The van der Waals surface area contributed by atoms with Crippen molar-refractivity contribution in [3.05, 3.63) is 22.8 Å². The standard InChI is InChI=1S/C12H17ClN4O/c1-2-3-7-6-9(7)15-12(18)11-8(13)4-5-10(16-11)17-14/h4-5,7,9H,2-3,6,14H2,1H3,(H,15,18)(H,16,17). The fourth-order valence-corrected chi connectivity index (χ4v) is 2.22. The van der Waals surface area contributed by atoms with Gasteiger partial charge in [-0.1, -0.05) is 24.9 Å². The average molecular weight is 269 g/mol. The van der Waals surface area contributed by atoms with Crippen LogP contribution in [0.1, 0.15) is 36.7 Å². The summed E-state index contributed by atoms with van der Waals surface area (Å²) in [6.45, 7) is 2.14. The summed E-state index contributed by atoms with van der Waals surface area (Å²) >= 11 is 5.96. The SMILES string of the molecule is CCCC1CC1NC(=O)c1nc(NN)ccc1Cl. The second-order valence-electron chi connectivity index (χ2n) is 4.54. The second-order valence-corrected chi connectivity index (χ2v) is 4.94. The number of nitrogens with one attached hydrogen (secondary N) is 2. The van der Waals surface area contributed by atoms with Gasteiger partial charge in [0, 0.05) is 6.04 Å². The molecule has 0 aliphatic heterocycles. The van der Waals surface area contributed by atoms with Gasteiger partial charge >= 0.3 is 0 Å². The first-order valence-electron chi connectivity index (χ1n) is 6.09. The summed E-state index contributed by atoms with van der Waals surface area (Å²) < 4.78 is 0. The minimum absolute atomic E-state index is 0.217. The lowest BCUT2D eigenvalue weighted by Crippen LogP contribution is -2.28. The van der Waals surface area contributed by atoms with Gasteiger partial charge in [0.25, 0.3) is 5.91 Å². The van der Waals surface area contributed by atoms with E-state index in [-0.39, 0.29) is 17.6 Å². The molecule has 1 fully saturated rings. The number of carbonyl (C=O) groups excluding carboxylic acids is 1. The van der Waals surface area contributed by atoms with Gasteiger partial charge in [0.1, 0.15) is 11.5 Å². The van der Waals surface area contributed by atoms with E-state index in [1.165, 1.54) is 0 Å². The van der Waals surface area contributed by atoms with E-state index in [1.807, 2.05) is 0 Å². The highest BCUT2D eigenvalue weighted by atomic mass is 35.5. The molecule has 1 saturated carbocycles. The number of aromatic nitrogens is 1. The first-order valence-corrected chi connectivity index (χ1v) is 6.47. The molecular formula is C12H17ClN4O. The Morgan fingerprint density at radius 2 is 2.39 bits per heavy atom. The van der Waals surface area contributed by atoms with E-state index in [4.69, 9.17) is 17.4 Å². The lowest BCUT2D eigenvalue weighted by Gasteiger charge is -2.07. The Bertz CT molecular complexity index is 452. The van der Waals surface area contributed by atoms with E-state index in [1.54, 1.807) is 12.1 Å². The van der Waals surface area contributed by atoms with Gasteiger partial charge in [0.15, 0.2) is 0 Å². The van der Waals surface area contributed by atoms with Crippen molar-refractivity contribution in [2.24, 2.45) is 11.8 Å². The molecular weight excluding hydrogens is 252 g/mol. The zero-order chi connectivity index (χ0) is 13.1. The third kappa shape index (κ3) is 2.91. The topological polar surface area (TPSA) is 80.0 Å². The maximum Gasteiger partial charge on any atom is 0.271 e. The van der Waals surface area contributed by atoms with Crippen LogP contribution in [0.25, 0.3) is 0 Å². The quantitative estimate of drug-likeness (QED) is 0.563. The molecule has 1 aromatic heterocycles. The first kappa shape index (κ1) is 13.1. The lowest BCUT2D eigenvalue weighted by molar-refractivity contribution is 0.0944. The van der Waals surface area contributed by atoms with Crippen molar-refractivity contribution in [1.29, 1.82) is 0 Å². The Kier molecular flexibility index (Phi) is 4.04. The predicted molar refractivity (Wildman–Crippen MR) is 71.3 cm³/mol. The van der Waals surface area contributed by atoms with Crippen molar-refractivity contribution in [3.63, 3.8) is 0 Å². The van der Waals surface area contributed by atoms with Crippen LogP contribution in [-0.4, -0.2) is 16.9 Å². The zero-order valence-corrected chi connectivity index (χ0v) is 11.0. The summed E-state index contributed by atoms with van der Waals surface area (Å²) in [7, 11) is 0. The van der Waals surface area contributed by atoms with E-state index in [9.17, 15) is 4.79 Å². The van der Waals surface area contributed by atoms with Crippen LogP contribution in [0.3, 0.4) is 0 Å². The largest absolute Gasteiger partial charge is 0.348 e. The number of nitrogens with zero attached hydrogens (tertiary/aromatic N) is 1. The highest BCUT2D eigenvalue weighted by Crippen LogP contribution is 2.34. The number of hydrogen-bond acceptors (Lipinski definition) is 4. The number of pyridine rings is 1. The molecule has 18 heavy (non-hydrogen) atoms. The molecule has 2 unspecified atom stereocenters. The number of nitrogen functional groups attached to an aromatic ring is 1. The summed E-state index contributed by atoms with van der Waals surface area (Å²) in [5, 5.41) is 3.28. The van der Waals surface area contributed by atoms with Gasteiger partial charge in [-0.2, -0.15) is 0 Å². The molecule has 2 rings (SSSR count). The molecule has 98 valence electrons. The number of hydrazine groups is 1. The molecule has 2 atom stereocenters. The molecule has 1 aliphatic rings. The molecule has 1 amide bonds. The van der Waals surface area contributed by atoms with Crippen LogP contribution in [0.5, 0.6) is 0 Å². The minimum Gasteiger partial charge on any atom is -0.348 e. The highest BCUT2D eigenvalue weighted by molar-refractivity contribution is 6.33. The first-order chi connectivity index (χ1) is 8.65. The minimum atomic E-state index is -0.235. The number of anilines is 1. The molecule has 0 radical (unpaired) electrons. The van der Waals surface area contributed by atoms with E-state index < -0.39 is 0 Å². The van der Waals surface area contributed by atoms with Crippen LogP contribution < -0.4 is 16.6 Å². The zero-order valence-electron chi connectivity index (χ0n) is 10.2. The van der Waals surface area contributed by atoms with Gasteiger partial charge in [-0.3, -0.25) is 4.79 Å². The van der Waals surface area contributed by atoms with Crippen LogP contribution in [0.15, 0.2) is 12.1 Å². The highest BCUT2D eigenvalue weighted by Gasteiger charge is 2.37. The number of carbonyl (C=O) groups is 1. The van der Waals surface area contributed by atoms with Gasteiger partial charge in [-0.25, -0.2) is 10.8 Å². The van der Waals surface area contributed by atoms with E-state index >= 15 is 0 Å². The van der Waals surface area contributed by atoms with Gasteiger partial charge < -0.3 is 10.7 Å². The van der Waals surface area contributed by atoms with E-state index in [0.717, 1.165) is 19.3 Å². The molecule has 1 heterocycles. The Morgan fingerprint density at radius 1 is 1.61 bits per heavy atom. The number of amides is 1. The molecule has 0 spiro atoms. The number of halogens is 1. The van der Waals surface area contributed by atoms with Crippen molar-refractivity contribution in [1.82, 2.24) is 10.3 Å². The number of rotatable bonds is 5. The normalized spacial score (nSPS) is 21.5. The number of hydrogen-bond donors (Lipinski definition) is 3. The van der Waals surface area contributed by atoms with Crippen molar-refractivity contribution >= 4 is 23.3 Å². The van der Waals surface area contributed by atoms with Crippen LogP contribution in [-0.2, 0) is 0 Å². The Labute approximate surface area is 111 Å². The summed E-state index contributed by atoms with van der Waals surface area (Å²) in [5.74, 6) is 6.05. The maximum absolute atomic E-state index is 12.0. The summed E-state index contributed by atoms with van der Waals surface area (Å²) in [6, 6.07) is 3.50. The smallest absolute Gasteiger partial charge is 0.271 e. The Hall–Kier alpha value is -1.33. The Balaban J connectivity index is 2.01. The van der Waals surface area contributed by atoms with Crippen LogP contribution in [0, 0.1) is 5.92 Å². The van der Waals surface area contributed by atoms with Gasteiger partial charge in [-0.05, 0) is 30.9 Å². The van der Waals surface area contributed by atoms with E-state index in [0.29, 0.717) is 16.8 Å². The number of nitrogens with two attached hydrogens (primary N) is 1. The average Bonchev–Trinajstić information content (AvgIpc) is 3.08. The molecule has 0 aromatic carbocycles. The van der Waals surface area contributed by atoms with Crippen molar-refractivity contribution in [2.45, 2.75) is 32.2 Å². The second kappa shape index (κ2) is 5.54. The third-order valence-corrected chi connectivity index (χ3v) is 3.41. The van der Waals surface area contributed by atoms with Gasteiger partial charge in [0.05, 0.1) is 5.02 Å². The third-order valence-electron chi connectivity index (χ3n) is 3.11. The van der Waals surface area contributed by atoms with Gasteiger partial charge in [-0.15, -0.1) is 0 Å². The summed E-state index contributed by atoms with van der Waals surface area (Å²) in [5.41, 5.74) is 2.61. The summed E-state index contributed by atoms with van der Waals surface area (Å²) in [4.78, 5) is 16.1. The summed E-state index contributed by atoms with van der Waals surface area (Å²) in [6.07, 6.45) is 3.34. The van der Waals surface area contributed by atoms with Crippen LogP contribution >= 0.6 is 11.6 Å². The molecule has 4 N–H and O–H groups in total. The Morgan fingerprint density at radius 3 is 3.06 bits per heavy atom. The molecule has 0 saturated heterocycles. The van der Waals surface area contributed by atoms with Crippen molar-refractivity contribution in [3.8, 4) is 0 Å². The fraction of sp³-hybridized carbons (Fsp3) is 0.500. The monoisotopic (exact) mass is 268 g/mol.